The third-order valence-corrected chi connectivity index (χ3v) is 4.01. The zero-order valence-corrected chi connectivity index (χ0v) is 14.7. The van der Waals surface area contributed by atoms with Crippen molar-refractivity contribution in [2.75, 3.05) is 12.4 Å². The lowest BCUT2D eigenvalue weighted by Gasteiger charge is -2.19. The average molecular weight is 330 g/mol. The molecule has 0 saturated heterocycles. The number of aromatic nitrogens is 2. The molecule has 0 radical (unpaired) electrons. The van der Waals surface area contributed by atoms with Gasteiger partial charge in [0.25, 0.3) is 0 Å². The van der Waals surface area contributed by atoms with E-state index in [1.165, 1.54) is 4.90 Å². The molecule has 0 unspecified atom stereocenters. The Morgan fingerprint density at radius 1 is 1.22 bits per heavy atom. The number of nitrogens with one attached hydrogen (secondary N) is 1. The Bertz CT molecular complexity index is 638. The first kappa shape index (κ1) is 17.3. The molecular weight excluding hydrogens is 308 g/mol. The molecule has 0 fully saturated rings. The number of amides is 2. The Labute approximate surface area is 141 Å². The summed E-state index contributed by atoms with van der Waals surface area (Å²) in [5.74, 6) is 0. The van der Waals surface area contributed by atoms with E-state index in [2.05, 4.69) is 36.1 Å². The van der Waals surface area contributed by atoms with Crippen molar-refractivity contribution in [3.63, 3.8) is 0 Å². The predicted octanol–water partition coefficient (Wildman–Crippen LogP) is 4.03. The van der Waals surface area contributed by atoms with Crippen LogP contribution in [0, 0.1) is 0 Å². The van der Waals surface area contributed by atoms with Crippen molar-refractivity contribution in [2.45, 2.75) is 37.0 Å². The first-order valence-corrected chi connectivity index (χ1v) is 8.21. The fourth-order valence-electron chi connectivity index (χ4n) is 1.91. The summed E-state index contributed by atoms with van der Waals surface area (Å²) < 4.78 is 0.168. The topological polar surface area (TPSA) is 58.1 Å². The summed E-state index contributed by atoms with van der Waals surface area (Å²) in [6, 6.07) is 7.71. The number of anilines is 1. The van der Waals surface area contributed by atoms with Crippen LogP contribution in [0.2, 0.25) is 0 Å². The second kappa shape index (κ2) is 7.46. The molecular formula is C17H22N4OS. The molecule has 122 valence electrons. The number of thioether (sulfide) groups is 1. The molecule has 0 bridgehead atoms. The SMILES string of the molecule is CN(Cc1cnccn1)C(=O)Nc1ccc(SC(C)(C)C)cc1. The molecule has 0 atom stereocenters. The number of carbonyl (C=O) groups is 1. The van der Waals surface area contributed by atoms with Crippen LogP contribution >= 0.6 is 11.8 Å². The minimum Gasteiger partial charge on any atom is -0.322 e. The standard InChI is InChI=1S/C17H22N4OS/c1-17(2,3)23-15-7-5-13(6-8-15)20-16(22)21(4)12-14-11-18-9-10-19-14/h5-11H,12H2,1-4H3,(H,20,22). The fraction of sp³-hybridized carbons (Fsp3) is 0.353. The molecule has 23 heavy (non-hydrogen) atoms. The van der Waals surface area contributed by atoms with E-state index in [1.807, 2.05) is 24.3 Å². The summed E-state index contributed by atoms with van der Waals surface area (Å²) in [6.45, 7) is 6.94. The summed E-state index contributed by atoms with van der Waals surface area (Å²) in [5, 5.41) is 2.88. The van der Waals surface area contributed by atoms with Crippen LogP contribution in [0.5, 0.6) is 0 Å². The molecule has 1 aromatic carbocycles. The normalized spacial score (nSPS) is 11.1. The van der Waals surface area contributed by atoms with Gasteiger partial charge >= 0.3 is 6.03 Å². The quantitative estimate of drug-likeness (QED) is 0.860. The molecule has 1 aromatic heterocycles. The molecule has 1 heterocycles. The number of hydrogen-bond donors (Lipinski definition) is 1. The maximum atomic E-state index is 12.2. The van der Waals surface area contributed by atoms with Crippen molar-refractivity contribution < 1.29 is 4.79 Å². The Balaban J connectivity index is 1.92. The van der Waals surface area contributed by atoms with Crippen LogP contribution in [0.25, 0.3) is 0 Å². The lowest BCUT2D eigenvalue weighted by atomic mass is 10.3. The van der Waals surface area contributed by atoms with Crippen molar-refractivity contribution in [1.29, 1.82) is 0 Å². The van der Waals surface area contributed by atoms with E-state index in [9.17, 15) is 4.79 Å². The van der Waals surface area contributed by atoms with Crippen LogP contribution in [0.3, 0.4) is 0 Å². The van der Waals surface area contributed by atoms with Gasteiger partial charge in [-0.15, -0.1) is 11.8 Å². The van der Waals surface area contributed by atoms with Gasteiger partial charge in [-0.25, -0.2) is 4.79 Å². The summed E-state index contributed by atoms with van der Waals surface area (Å²) in [7, 11) is 1.73. The Morgan fingerprint density at radius 2 is 1.91 bits per heavy atom. The van der Waals surface area contributed by atoms with Crippen molar-refractivity contribution in [2.24, 2.45) is 0 Å². The molecule has 5 nitrogen and oxygen atoms in total. The zero-order chi connectivity index (χ0) is 16.9. The number of nitrogens with zero attached hydrogens (tertiary/aromatic N) is 3. The minimum atomic E-state index is -0.174. The third kappa shape index (κ3) is 5.90. The first-order chi connectivity index (χ1) is 10.8. The van der Waals surface area contributed by atoms with Gasteiger partial charge < -0.3 is 10.2 Å². The molecule has 2 aromatic rings. The van der Waals surface area contributed by atoms with Gasteiger partial charge in [0.2, 0.25) is 0 Å². The highest BCUT2D eigenvalue weighted by Gasteiger charge is 2.13. The first-order valence-electron chi connectivity index (χ1n) is 7.39. The van der Waals surface area contributed by atoms with Crippen LogP contribution in [0.1, 0.15) is 26.5 Å². The van der Waals surface area contributed by atoms with E-state index < -0.39 is 0 Å². The zero-order valence-electron chi connectivity index (χ0n) is 13.9. The number of carbonyl (C=O) groups excluding carboxylic acids is 1. The van der Waals surface area contributed by atoms with Gasteiger partial charge in [0.05, 0.1) is 18.4 Å². The van der Waals surface area contributed by atoms with E-state index in [0.717, 1.165) is 11.4 Å². The molecule has 0 saturated carbocycles. The van der Waals surface area contributed by atoms with Crippen LogP contribution in [-0.2, 0) is 6.54 Å². The van der Waals surface area contributed by atoms with E-state index in [1.54, 1.807) is 42.3 Å². The van der Waals surface area contributed by atoms with Crippen molar-refractivity contribution in [3.8, 4) is 0 Å². The second-order valence-corrected chi connectivity index (χ2v) is 8.12. The molecule has 0 aliphatic rings. The highest BCUT2D eigenvalue weighted by Crippen LogP contribution is 2.32. The predicted molar refractivity (Wildman–Crippen MR) is 94.6 cm³/mol. The largest absolute Gasteiger partial charge is 0.322 e. The number of urea groups is 1. The highest BCUT2D eigenvalue weighted by molar-refractivity contribution is 8.00. The van der Waals surface area contributed by atoms with Gasteiger partial charge in [0.1, 0.15) is 0 Å². The third-order valence-electron chi connectivity index (χ3n) is 2.89. The minimum absolute atomic E-state index is 0.168. The maximum Gasteiger partial charge on any atom is 0.321 e. The summed E-state index contributed by atoms with van der Waals surface area (Å²) in [4.78, 5) is 23.1. The fourth-order valence-corrected chi connectivity index (χ4v) is 2.88. The monoisotopic (exact) mass is 330 g/mol. The van der Waals surface area contributed by atoms with Crippen molar-refractivity contribution >= 4 is 23.5 Å². The summed E-state index contributed by atoms with van der Waals surface area (Å²) in [5.41, 5.74) is 1.53. The van der Waals surface area contributed by atoms with Gasteiger partial charge in [-0.3, -0.25) is 9.97 Å². The number of hydrogen-bond acceptors (Lipinski definition) is 4. The van der Waals surface area contributed by atoms with Crippen molar-refractivity contribution in [1.82, 2.24) is 14.9 Å². The van der Waals surface area contributed by atoms with Gasteiger partial charge in [-0.1, -0.05) is 20.8 Å². The van der Waals surface area contributed by atoms with E-state index >= 15 is 0 Å². The molecule has 0 aliphatic heterocycles. The maximum absolute atomic E-state index is 12.2. The van der Waals surface area contributed by atoms with Gasteiger partial charge in [0, 0.05) is 34.8 Å². The molecule has 0 spiro atoms. The van der Waals surface area contributed by atoms with E-state index in [-0.39, 0.29) is 10.8 Å². The number of benzene rings is 1. The Hall–Kier alpha value is -2.08. The lowest BCUT2D eigenvalue weighted by Crippen LogP contribution is -2.31. The van der Waals surface area contributed by atoms with Gasteiger partial charge in [-0.05, 0) is 24.3 Å². The average Bonchev–Trinajstić information content (AvgIpc) is 2.48. The Morgan fingerprint density at radius 3 is 2.48 bits per heavy atom. The van der Waals surface area contributed by atoms with Gasteiger partial charge in [0.15, 0.2) is 0 Å². The van der Waals surface area contributed by atoms with Crippen molar-refractivity contribution in [3.05, 3.63) is 48.5 Å². The van der Waals surface area contributed by atoms with Gasteiger partial charge in [-0.2, -0.15) is 0 Å². The Kier molecular flexibility index (Phi) is 5.60. The highest BCUT2D eigenvalue weighted by atomic mass is 32.2. The summed E-state index contributed by atoms with van der Waals surface area (Å²) in [6.07, 6.45) is 4.88. The number of rotatable bonds is 4. The molecule has 2 rings (SSSR count). The molecule has 6 heteroatoms. The summed E-state index contributed by atoms with van der Waals surface area (Å²) >= 11 is 1.80. The second-order valence-electron chi connectivity index (χ2n) is 6.22. The van der Waals surface area contributed by atoms with E-state index in [4.69, 9.17) is 0 Å². The molecule has 0 aliphatic carbocycles. The van der Waals surface area contributed by atoms with Crippen LogP contribution in [0.4, 0.5) is 10.5 Å². The molecule has 1 N–H and O–H groups in total. The van der Waals surface area contributed by atoms with E-state index in [0.29, 0.717) is 6.54 Å². The lowest BCUT2D eigenvalue weighted by molar-refractivity contribution is 0.220. The van der Waals surface area contributed by atoms with Crippen LogP contribution < -0.4 is 5.32 Å². The van der Waals surface area contributed by atoms with Crippen LogP contribution in [0.15, 0.2) is 47.8 Å². The molecule has 2 amide bonds. The smallest absolute Gasteiger partial charge is 0.321 e. The van der Waals surface area contributed by atoms with Crippen LogP contribution in [-0.4, -0.2) is 32.7 Å².